The predicted molar refractivity (Wildman–Crippen MR) is 84.3 cm³/mol. The first-order chi connectivity index (χ1) is 9.47. The first-order valence-corrected chi connectivity index (χ1v) is 6.95. The molecule has 0 bridgehead atoms. The van der Waals surface area contributed by atoms with Crippen LogP contribution in [0.5, 0.6) is 0 Å². The zero-order valence-electron chi connectivity index (χ0n) is 12.7. The van der Waals surface area contributed by atoms with Gasteiger partial charge >= 0.3 is 0 Å². The largest absolute Gasteiger partial charge is 0.379 e. The van der Waals surface area contributed by atoms with Gasteiger partial charge in [0.2, 0.25) is 0 Å². The molecule has 0 aliphatic carbocycles. The van der Waals surface area contributed by atoms with E-state index in [1.807, 2.05) is 6.07 Å². The molecule has 0 saturated carbocycles. The number of fused-ring (bicyclic) bond motifs is 1. The summed E-state index contributed by atoms with van der Waals surface area (Å²) in [7, 11) is 1.74. The van der Waals surface area contributed by atoms with Gasteiger partial charge in [-0.15, -0.1) is 0 Å². The Morgan fingerprint density at radius 2 is 1.70 bits per heavy atom. The summed E-state index contributed by atoms with van der Waals surface area (Å²) in [5.41, 5.74) is 4.06. The van der Waals surface area contributed by atoms with Crippen molar-refractivity contribution in [1.29, 1.82) is 0 Å². The molecule has 2 atom stereocenters. The van der Waals surface area contributed by atoms with Crippen LogP contribution in [-0.2, 0) is 4.74 Å². The molecule has 3 N–H and O–H groups in total. The van der Waals surface area contributed by atoms with Gasteiger partial charge < -0.3 is 4.74 Å². The van der Waals surface area contributed by atoms with Crippen LogP contribution < -0.4 is 11.3 Å². The fraction of sp³-hybridized carbons (Fsp3) is 0.412. The molecule has 0 saturated heterocycles. The number of benzene rings is 2. The fourth-order valence-corrected chi connectivity index (χ4v) is 2.75. The molecule has 0 spiro atoms. The summed E-state index contributed by atoms with van der Waals surface area (Å²) in [6.45, 7) is 6.48. The van der Waals surface area contributed by atoms with E-state index in [0.717, 1.165) is 5.56 Å². The van der Waals surface area contributed by atoms with Gasteiger partial charge in [0.25, 0.3) is 0 Å². The second-order valence-electron chi connectivity index (χ2n) is 6.27. The Kier molecular flexibility index (Phi) is 4.43. The van der Waals surface area contributed by atoms with E-state index in [9.17, 15) is 0 Å². The summed E-state index contributed by atoms with van der Waals surface area (Å²) >= 11 is 0. The van der Waals surface area contributed by atoms with Crippen molar-refractivity contribution in [3.63, 3.8) is 0 Å². The molecular formula is C17H24N2O. The molecule has 3 nitrogen and oxygen atoms in total. The molecule has 20 heavy (non-hydrogen) atoms. The van der Waals surface area contributed by atoms with Gasteiger partial charge in [-0.2, -0.15) is 0 Å². The molecule has 108 valence electrons. The maximum atomic E-state index is 5.79. The van der Waals surface area contributed by atoms with Gasteiger partial charge in [0.05, 0.1) is 12.1 Å². The van der Waals surface area contributed by atoms with Crippen molar-refractivity contribution in [2.24, 2.45) is 11.3 Å². The van der Waals surface area contributed by atoms with Crippen LogP contribution in [0.4, 0.5) is 0 Å². The molecule has 0 radical (unpaired) electrons. The van der Waals surface area contributed by atoms with Crippen molar-refractivity contribution in [3.8, 4) is 0 Å². The number of hydrazine groups is 1. The summed E-state index contributed by atoms with van der Waals surface area (Å²) in [6.07, 6.45) is -0.00587. The third-order valence-electron chi connectivity index (χ3n) is 3.72. The standard InChI is InChI=1S/C17H24N2O/c1-17(2,3)16(20-4)15(19-18)14-10-9-12-7-5-6-8-13(12)11-14/h5-11,15-16,19H,18H2,1-4H3. The highest BCUT2D eigenvalue weighted by molar-refractivity contribution is 5.83. The summed E-state index contributed by atoms with van der Waals surface area (Å²) in [4.78, 5) is 0. The maximum Gasteiger partial charge on any atom is 0.0827 e. The number of hydrogen-bond acceptors (Lipinski definition) is 3. The van der Waals surface area contributed by atoms with Gasteiger partial charge in [-0.1, -0.05) is 57.2 Å². The normalized spacial score (nSPS) is 15.2. The third kappa shape index (κ3) is 3.01. The van der Waals surface area contributed by atoms with Gasteiger partial charge in [0.1, 0.15) is 0 Å². The van der Waals surface area contributed by atoms with Gasteiger partial charge in [-0.05, 0) is 27.8 Å². The second-order valence-corrected chi connectivity index (χ2v) is 6.27. The Bertz CT molecular complexity index is 574. The first kappa shape index (κ1) is 15.0. The Labute approximate surface area is 121 Å². The molecule has 2 aromatic rings. The fourth-order valence-electron chi connectivity index (χ4n) is 2.75. The van der Waals surface area contributed by atoms with Crippen molar-refractivity contribution in [1.82, 2.24) is 5.43 Å². The van der Waals surface area contributed by atoms with E-state index in [2.05, 4.69) is 62.6 Å². The van der Waals surface area contributed by atoms with Crippen LogP contribution >= 0.6 is 0 Å². The molecule has 2 aromatic carbocycles. The van der Waals surface area contributed by atoms with Crippen molar-refractivity contribution >= 4 is 10.8 Å². The highest BCUT2D eigenvalue weighted by atomic mass is 16.5. The quantitative estimate of drug-likeness (QED) is 0.662. The van der Waals surface area contributed by atoms with E-state index in [4.69, 9.17) is 10.6 Å². The lowest BCUT2D eigenvalue weighted by molar-refractivity contribution is -0.0120. The van der Waals surface area contributed by atoms with Gasteiger partial charge in [-0.3, -0.25) is 11.3 Å². The molecule has 0 amide bonds. The Morgan fingerprint density at radius 1 is 1.05 bits per heavy atom. The van der Waals surface area contributed by atoms with Crippen molar-refractivity contribution in [2.75, 3.05) is 7.11 Å². The monoisotopic (exact) mass is 272 g/mol. The second kappa shape index (κ2) is 5.92. The van der Waals surface area contributed by atoms with E-state index in [1.165, 1.54) is 10.8 Å². The molecule has 0 aromatic heterocycles. The molecule has 3 heteroatoms. The van der Waals surface area contributed by atoms with Gasteiger partial charge in [-0.25, -0.2) is 0 Å². The molecular weight excluding hydrogens is 248 g/mol. The van der Waals surface area contributed by atoms with Crippen LogP contribution in [0.1, 0.15) is 32.4 Å². The maximum absolute atomic E-state index is 5.79. The lowest BCUT2D eigenvalue weighted by atomic mass is 9.82. The van der Waals surface area contributed by atoms with E-state index >= 15 is 0 Å². The SMILES string of the molecule is COC(C(NN)c1ccc2ccccc2c1)C(C)(C)C. The highest BCUT2D eigenvalue weighted by Gasteiger charge is 2.32. The van der Waals surface area contributed by atoms with Crippen molar-refractivity contribution < 1.29 is 4.74 Å². The first-order valence-electron chi connectivity index (χ1n) is 6.95. The number of ether oxygens (including phenoxy) is 1. The van der Waals surface area contributed by atoms with E-state index in [-0.39, 0.29) is 17.6 Å². The van der Waals surface area contributed by atoms with E-state index in [0.29, 0.717) is 0 Å². The van der Waals surface area contributed by atoms with Crippen LogP contribution in [0.15, 0.2) is 42.5 Å². The molecule has 0 heterocycles. The summed E-state index contributed by atoms with van der Waals surface area (Å²) in [5.74, 6) is 5.79. The van der Waals surface area contributed by atoms with E-state index in [1.54, 1.807) is 7.11 Å². The molecule has 2 rings (SSSR count). The smallest absolute Gasteiger partial charge is 0.0827 e. The minimum Gasteiger partial charge on any atom is -0.379 e. The van der Waals surface area contributed by atoms with Crippen LogP contribution in [0.3, 0.4) is 0 Å². The molecule has 0 fully saturated rings. The lowest BCUT2D eigenvalue weighted by Gasteiger charge is -2.36. The highest BCUT2D eigenvalue weighted by Crippen LogP contribution is 2.33. The number of nitrogens with two attached hydrogens (primary N) is 1. The third-order valence-corrected chi connectivity index (χ3v) is 3.72. The van der Waals surface area contributed by atoms with Gasteiger partial charge in [0.15, 0.2) is 0 Å². The van der Waals surface area contributed by atoms with Crippen LogP contribution in [0.2, 0.25) is 0 Å². The average Bonchev–Trinajstić information content (AvgIpc) is 2.42. The zero-order chi connectivity index (χ0) is 14.8. The molecule has 2 unspecified atom stereocenters. The number of rotatable bonds is 4. The topological polar surface area (TPSA) is 47.3 Å². The van der Waals surface area contributed by atoms with Gasteiger partial charge in [0, 0.05) is 7.11 Å². The summed E-state index contributed by atoms with van der Waals surface area (Å²) < 4.78 is 5.69. The van der Waals surface area contributed by atoms with Crippen LogP contribution in [0.25, 0.3) is 10.8 Å². The zero-order valence-corrected chi connectivity index (χ0v) is 12.7. The Balaban J connectivity index is 2.43. The Morgan fingerprint density at radius 3 is 2.25 bits per heavy atom. The average molecular weight is 272 g/mol. The number of hydrogen-bond donors (Lipinski definition) is 2. The predicted octanol–water partition coefficient (Wildman–Crippen LogP) is 3.41. The molecule has 0 aliphatic rings. The minimum atomic E-state index is -0.0374. The summed E-state index contributed by atoms with van der Waals surface area (Å²) in [6, 6.07) is 14.7. The van der Waals surface area contributed by atoms with E-state index < -0.39 is 0 Å². The van der Waals surface area contributed by atoms with Crippen LogP contribution in [0, 0.1) is 5.41 Å². The molecule has 0 aliphatic heterocycles. The Hall–Kier alpha value is -1.42. The lowest BCUT2D eigenvalue weighted by Crippen LogP contribution is -2.44. The van der Waals surface area contributed by atoms with Crippen LogP contribution in [-0.4, -0.2) is 13.2 Å². The summed E-state index contributed by atoms with van der Waals surface area (Å²) in [5, 5.41) is 2.45. The number of methoxy groups -OCH3 is 1. The van der Waals surface area contributed by atoms with Crippen molar-refractivity contribution in [3.05, 3.63) is 48.0 Å². The number of nitrogens with one attached hydrogen (secondary N) is 1. The van der Waals surface area contributed by atoms with Crippen molar-refractivity contribution in [2.45, 2.75) is 32.9 Å². The minimum absolute atomic E-state index is 0.00255.